The van der Waals surface area contributed by atoms with Gasteiger partial charge in [0.05, 0.1) is 0 Å². The number of rotatable bonds is 21. The van der Waals surface area contributed by atoms with E-state index in [9.17, 15) is 0 Å². The van der Waals surface area contributed by atoms with Gasteiger partial charge in [0.2, 0.25) is 0 Å². The zero-order valence-electron chi connectivity index (χ0n) is 21.3. The summed E-state index contributed by atoms with van der Waals surface area (Å²) in [5, 5.41) is 0. The molecule has 0 aliphatic carbocycles. The normalized spacial score (nSPS) is 16.4. The molecule has 1 aliphatic heterocycles. The molecule has 0 aromatic rings. The van der Waals surface area contributed by atoms with E-state index < -0.39 is 0 Å². The molecule has 1 unspecified atom stereocenters. The maximum atomic E-state index is 2.63. The molecule has 0 aromatic heterocycles. The van der Waals surface area contributed by atoms with Crippen molar-refractivity contribution in [3.63, 3.8) is 0 Å². The molecule has 0 amide bonds. The number of hydrogen-bond donors (Lipinski definition) is 0. The van der Waals surface area contributed by atoms with Crippen LogP contribution in [0.5, 0.6) is 0 Å². The fourth-order valence-electron chi connectivity index (χ4n) is 4.93. The Labute approximate surface area is 190 Å². The molecule has 1 rings (SSSR count). The molecule has 2 heteroatoms. The molecule has 0 saturated carbocycles. The Morgan fingerprint density at radius 2 is 0.800 bits per heavy atom. The first-order valence-electron chi connectivity index (χ1n) is 13.9. The molecule has 2 nitrogen and oxygen atoms in total. The van der Waals surface area contributed by atoms with E-state index in [-0.39, 0.29) is 0 Å². The lowest BCUT2D eigenvalue weighted by Gasteiger charge is -2.36. The van der Waals surface area contributed by atoms with Crippen molar-refractivity contribution in [1.29, 1.82) is 0 Å². The van der Waals surface area contributed by atoms with Crippen LogP contribution in [0.1, 0.15) is 143 Å². The lowest BCUT2D eigenvalue weighted by Crippen LogP contribution is -2.43. The number of hydrogen-bond acceptors (Lipinski definition) is 2. The van der Waals surface area contributed by atoms with Crippen LogP contribution in [0.3, 0.4) is 0 Å². The zero-order chi connectivity index (χ0) is 21.9. The maximum absolute atomic E-state index is 2.63. The Kier molecular flexibility index (Phi) is 17.4. The Morgan fingerprint density at radius 1 is 0.500 bits per heavy atom. The van der Waals surface area contributed by atoms with Gasteiger partial charge in [-0.2, -0.15) is 0 Å². The van der Waals surface area contributed by atoms with Gasteiger partial charge in [0.25, 0.3) is 0 Å². The summed E-state index contributed by atoms with van der Waals surface area (Å²) >= 11 is 0. The minimum absolute atomic E-state index is 0.591. The monoisotopic (exact) mass is 420 g/mol. The minimum Gasteiger partial charge on any atom is -0.356 e. The second kappa shape index (κ2) is 19.1. The fraction of sp³-hybridized carbons (Fsp3) is 0.929. The number of unbranched alkanes of at least 4 members (excludes halogenated alkanes) is 16. The van der Waals surface area contributed by atoms with Crippen molar-refractivity contribution >= 4 is 0 Å². The lowest BCUT2D eigenvalue weighted by molar-refractivity contribution is 0.104. The Hall–Kier alpha value is -0.660. The van der Waals surface area contributed by atoms with Gasteiger partial charge in [-0.15, -0.1) is 0 Å². The minimum atomic E-state index is 0.591. The summed E-state index contributed by atoms with van der Waals surface area (Å²) in [5.41, 5.74) is 0. The van der Waals surface area contributed by atoms with Crippen molar-refractivity contribution in [2.45, 2.75) is 149 Å². The van der Waals surface area contributed by atoms with E-state index in [0.29, 0.717) is 12.1 Å². The molecule has 178 valence electrons. The predicted octanol–water partition coefficient (Wildman–Crippen LogP) is 9.12. The van der Waals surface area contributed by atoms with Crippen molar-refractivity contribution in [2.75, 3.05) is 13.1 Å². The van der Waals surface area contributed by atoms with E-state index in [4.69, 9.17) is 0 Å². The van der Waals surface area contributed by atoms with Crippen LogP contribution < -0.4 is 0 Å². The van der Waals surface area contributed by atoms with Crippen LogP contribution in [0.4, 0.5) is 0 Å². The van der Waals surface area contributed by atoms with Crippen molar-refractivity contribution in [3.8, 4) is 0 Å². The Morgan fingerprint density at radius 3 is 1.10 bits per heavy atom. The third-order valence-corrected chi connectivity index (χ3v) is 6.77. The summed E-state index contributed by atoms with van der Waals surface area (Å²) in [4.78, 5) is 5.25. The van der Waals surface area contributed by atoms with E-state index in [2.05, 4.69) is 49.9 Å². The molecule has 0 spiro atoms. The third-order valence-electron chi connectivity index (χ3n) is 6.77. The molecule has 0 radical (unpaired) electrons. The molecule has 0 saturated heterocycles. The fourth-order valence-corrected chi connectivity index (χ4v) is 4.93. The van der Waals surface area contributed by atoms with Crippen molar-refractivity contribution in [1.82, 2.24) is 9.80 Å². The molecule has 0 N–H and O–H groups in total. The Bertz CT molecular complexity index is 390. The molecule has 1 heterocycles. The highest BCUT2D eigenvalue weighted by molar-refractivity contribution is 4.98. The van der Waals surface area contributed by atoms with Crippen LogP contribution in [0, 0.1) is 5.92 Å². The van der Waals surface area contributed by atoms with E-state index in [1.165, 1.54) is 129 Å². The van der Waals surface area contributed by atoms with Crippen LogP contribution in [0.25, 0.3) is 0 Å². The summed E-state index contributed by atoms with van der Waals surface area (Å²) in [6, 6.07) is 0. The molecule has 0 fully saturated rings. The summed E-state index contributed by atoms with van der Waals surface area (Å²) in [6.45, 7) is 11.9. The van der Waals surface area contributed by atoms with Crippen LogP contribution in [0.2, 0.25) is 0 Å². The Balaban J connectivity index is 2.08. The van der Waals surface area contributed by atoms with Crippen molar-refractivity contribution in [2.24, 2.45) is 5.92 Å². The largest absolute Gasteiger partial charge is 0.356 e. The molecular formula is C28H56N2. The first-order chi connectivity index (χ1) is 14.7. The topological polar surface area (TPSA) is 6.48 Å². The van der Waals surface area contributed by atoms with E-state index in [0.717, 1.165) is 0 Å². The van der Waals surface area contributed by atoms with E-state index in [1.54, 1.807) is 0 Å². The maximum Gasteiger partial charge on any atom is 0.103 e. The lowest BCUT2D eigenvalue weighted by atomic mass is 10.1. The summed E-state index contributed by atoms with van der Waals surface area (Å²) in [7, 11) is 0. The van der Waals surface area contributed by atoms with Gasteiger partial charge in [0.1, 0.15) is 6.17 Å². The highest BCUT2D eigenvalue weighted by atomic mass is 15.4. The first kappa shape index (κ1) is 27.4. The van der Waals surface area contributed by atoms with Crippen LogP contribution in [-0.4, -0.2) is 29.1 Å². The van der Waals surface area contributed by atoms with Gasteiger partial charge in [0, 0.05) is 25.5 Å². The highest BCUT2D eigenvalue weighted by Gasteiger charge is 2.28. The van der Waals surface area contributed by atoms with Gasteiger partial charge >= 0.3 is 0 Å². The van der Waals surface area contributed by atoms with E-state index in [1.807, 2.05) is 0 Å². The molecule has 1 atom stereocenters. The molecule has 1 aliphatic rings. The predicted molar refractivity (Wildman–Crippen MR) is 136 cm³/mol. The van der Waals surface area contributed by atoms with Crippen molar-refractivity contribution in [3.05, 3.63) is 12.4 Å². The second-order valence-electron chi connectivity index (χ2n) is 10.1. The van der Waals surface area contributed by atoms with Crippen LogP contribution in [-0.2, 0) is 0 Å². The van der Waals surface area contributed by atoms with Crippen molar-refractivity contribution < 1.29 is 0 Å². The molecular weight excluding hydrogens is 364 g/mol. The van der Waals surface area contributed by atoms with Gasteiger partial charge in [-0.1, -0.05) is 130 Å². The molecule has 0 bridgehead atoms. The standard InChI is InChI=1S/C28H56N2/c1-5-7-9-11-13-15-16-18-20-22-24-30-26-25-29(28(30)27(3)4)23-21-19-17-14-12-10-8-6-2/h25-28H,5-24H2,1-4H3. The van der Waals surface area contributed by atoms with Crippen LogP contribution in [0.15, 0.2) is 12.4 Å². The third kappa shape index (κ3) is 12.9. The smallest absolute Gasteiger partial charge is 0.103 e. The summed E-state index contributed by atoms with van der Waals surface area (Å²) < 4.78 is 0. The van der Waals surface area contributed by atoms with Gasteiger partial charge in [-0.05, 0) is 18.8 Å². The van der Waals surface area contributed by atoms with E-state index >= 15 is 0 Å². The quantitative estimate of drug-likeness (QED) is 0.171. The zero-order valence-corrected chi connectivity index (χ0v) is 21.3. The number of nitrogens with zero attached hydrogens (tertiary/aromatic N) is 2. The summed E-state index contributed by atoms with van der Waals surface area (Å²) in [5.74, 6) is 0.692. The summed E-state index contributed by atoms with van der Waals surface area (Å²) in [6.07, 6.45) is 30.9. The van der Waals surface area contributed by atoms with Gasteiger partial charge in [-0.3, -0.25) is 0 Å². The van der Waals surface area contributed by atoms with Crippen LogP contribution >= 0.6 is 0 Å². The average Bonchev–Trinajstić information content (AvgIpc) is 3.14. The SMILES string of the molecule is CCCCCCCCCCCCN1C=CN(CCCCCCCCCC)C1C(C)C. The van der Waals surface area contributed by atoms with Gasteiger partial charge in [0.15, 0.2) is 0 Å². The van der Waals surface area contributed by atoms with Gasteiger partial charge in [-0.25, -0.2) is 0 Å². The first-order valence-corrected chi connectivity index (χ1v) is 13.9. The average molecular weight is 421 g/mol. The second-order valence-corrected chi connectivity index (χ2v) is 10.1. The highest BCUT2D eigenvalue weighted by Crippen LogP contribution is 2.24. The molecule has 30 heavy (non-hydrogen) atoms. The molecule has 0 aromatic carbocycles. The van der Waals surface area contributed by atoms with Gasteiger partial charge < -0.3 is 9.80 Å².